The van der Waals surface area contributed by atoms with Gasteiger partial charge in [-0.2, -0.15) is 17.6 Å². The lowest BCUT2D eigenvalue weighted by atomic mass is 10.1. The molecule has 1 aromatic rings. The Morgan fingerprint density at radius 2 is 1.79 bits per heavy atom. The van der Waals surface area contributed by atoms with E-state index in [0.29, 0.717) is 0 Å². The van der Waals surface area contributed by atoms with Gasteiger partial charge in [-0.1, -0.05) is 6.07 Å². The molecule has 0 atom stereocenters. The summed E-state index contributed by atoms with van der Waals surface area (Å²) >= 11 is 0. The number of hydrazone groups is 1. The Morgan fingerprint density at radius 3 is 2.39 bits per heavy atom. The van der Waals surface area contributed by atoms with Crippen molar-refractivity contribution >= 4 is 18.2 Å². The quantitative estimate of drug-likeness (QED) is 0.255. The first-order valence-corrected chi connectivity index (χ1v) is 7.13. The zero-order valence-electron chi connectivity index (χ0n) is 13.7. The van der Waals surface area contributed by atoms with Crippen molar-refractivity contribution in [3.05, 3.63) is 35.4 Å². The minimum atomic E-state index is -4.59. The van der Waals surface area contributed by atoms with Gasteiger partial charge >= 0.3 is 24.2 Å². The minimum absolute atomic E-state index is 0.109. The summed E-state index contributed by atoms with van der Waals surface area (Å²) in [6, 6.07) is 4.74. The number of halogens is 6. The third kappa shape index (κ3) is 8.22. The molecule has 0 saturated carbocycles. The molecule has 0 spiro atoms. The predicted molar refractivity (Wildman–Crippen MR) is 77.8 cm³/mol. The van der Waals surface area contributed by atoms with Crippen LogP contribution in [0.25, 0.3) is 0 Å². The fourth-order valence-corrected chi connectivity index (χ4v) is 1.46. The molecule has 156 valence electrons. The Bertz CT molecular complexity index is 703. The monoisotopic (exact) mass is 418 g/mol. The molecule has 0 heterocycles. The Morgan fingerprint density at radius 1 is 1.14 bits per heavy atom. The van der Waals surface area contributed by atoms with Gasteiger partial charge < -0.3 is 14.3 Å². The Hall–Kier alpha value is -2.87. The fraction of sp³-hybridized carbons (Fsp3) is 0.357. The van der Waals surface area contributed by atoms with Gasteiger partial charge in [0, 0.05) is 0 Å². The lowest BCUT2D eigenvalue weighted by Crippen LogP contribution is -2.33. The Kier molecular flexibility index (Phi) is 8.66. The van der Waals surface area contributed by atoms with Crippen LogP contribution >= 0.6 is 0 Å². The van der Waals surface area contributed by atoms with Crippen molar-refractivity contribution in [3.8, 4) is 0 Å². The molecular weight excluding hydrogens is 406 g/mol. The van der Waals surface area contributed by atoms with Crippen molar-refractivity contribution in [2.75, 3.05) is 19.9 Å². The molecule has 0 aliphatic carbocycles. The zero-order chi connectivity index (χ0) is 21.2. The number of carbonyl (C=O) groups excluding carboxylic acids is 2. The molecule has 0 saturated heterocycles. The highest BCUT2D eigenvalue weighted by Crippen LogP contribution is 2.21. The summed E-state index contributed by atoms with van der Waals surface area (Å²) in [5, 5.41) is 2.73. The molecule has 0 unspecified atom stereocenters. The van der Waals surface area contributed by atoms with E-state index in [1.807, 2.05) is 0 Å². The maximum atomic E-state index is 13.0. The van der Waals surface area contributed by atoms with Gasteiger partial charge in [0.05, 0.1) is 11.1 Å². The van der Waals surface area contributed by atoms with E-state index in [2.05, 4.69) is 24.4 Å². The van der Waals surface area contributed by atoms with Crippen LogP contribution in [0.15, 0.2) is 29.4 Å². The van der Waals surface area contributed by atoms with E-state index in [4.69, 9.17) is 0 Å². The molecule has 0 aliphatic rings. The topological polar surface area (TPSA) is 95.5 Å². The van der Waals surface area contributed by atoms with E-state index in [1.54, 1.807) is 0 Å². The van der Waals surface area contributed by atoms with Crippen LogP contribution in [-0.4, -0.2) is 50.3 Å². The molecule has 0 bridgehead atoms. The average molecular weight is 418 g/mol. The highest BCUT2D eigenvalue weighted by atomic mass is 19.4. The van der Waals surface area contributed by atoms with Gasteiger partial charge in [-0.05, 0) is 22.7 Å². The highest BCUT2D eigenvalue weighted by molar-refractivity contribution is 5.95. The van der Waals surface area contributed by atoms with Gasteiger partial charge in [-0.15, -0.1) is 15.6 Å². The molecular formula is C14H12F6N2O6. The van der Waals surface area contributed by atoms with Gasteiger partial charge in [-0.25, -0.2) is 14.0 Å². The fourth-order valence-electron chi connectivity index (χ4n) is 1.46. The molecule has 0 amide bonds. The second kappa shape index (κ2) is 10.5. The molecule has 1 N–H and O–H groups in total. The molecule has 0 fully saturated rings. The second-order valence-electron chi connectivity index (χ2n) is 4.71. The summed E-state index contributed by atoms with van der Waals surface area (Å²) in [7, 11) is 0. The lowest BCUT2D eigenvalue weighted by molar-refractivity contribution is -0.382. The molecule has 1 aromatic carbocycles. The number of carbonyl (C=O) groups is 2. The van der Waals surface area contributed by atoms with Crippen LogP contribution in [0.3, 0.4) is 0 Å². The summed E-state index contributed by atoms with van der Waals surface area (Å²) in [5.74, 6) is -2.08. The smallest absolute Gasteiger partial charge is 0.409 e. The largest absolute Gasteiger partial charge is 0.459 e. The molecule has 8 nitrogen and oxygen atoms in total. The van der Waals surface area contributed by atoms with E-state index in [-0.39, 0.29) is 17.3 Å². The second-order valence-corrected chi connectivity index (χ2v) is 4.71. The first-order chi connectivity index (χ1) is 13.1. The highest BCUT2D eigenvalue weighted by Gasteiger charge is 2.38. The van der Waals surface area contributed by atoms with E-state index >= 15 is 0 Å². The van der Waals surface area contributed by atoms with Gasteiger partial charge in [0.25, 0.3) is 0 Å². The number of benzene rings is 1. The normalized spacial score (nSPS) is 12.1. The number of hydrogen-bond donors (Lipinski definition) is 1. The Labute approximate surface area is 152 Å². The van der Waals surface area contributed by atoms with Crippen LogP contribution in [0.4, 0.5) is 26.5 Å². The van der Waals surface area contributed by atoms with Crippen LogP contribution in [0.2, 0.25) is 0 Å². The number of ether oxygens (including phenoxy) is 2. The molecule has 0 aromatic heterocycles. The van der Waals surface area contributed by atoms with Crippen molar-refractivity contribution in [2.45, 2.75) is 12.2 Å². The number of alkyl halides is 5. The maximum Gasteiger partial charge on any atom is 0.409 e. The van der Waals surface area contributed by atoms with Crippen molar-refractivity contribution in [2.24, 2.45) is 5.10 Å². The number of nitrogens with one attached hydrogen (secondary N) is 1. The van der Waals surface area contributed by atoms with Crippen molar-refractivity contribution in [1.29, 1.82) is 0 Å². The van der Waals surface area contributed by atoms with Crippen molar-refractivity contribution < 1.29 is 55.3 Å². The third-order valence-corrected chi connectivity index (χ3v) is 2.60. The summed E-state index contributed by atoms with van der Waals surface area (Å²) in [6.07, 6.45) is -9.31. The van der Waals surface area contributed by atoms with Crippen LogP contribution in [0, 0.1) is 0 Å². The molecule has 0 radical (unpaired) electrons. The number of nitrogens with zero attached hydrogens (tertiary/aromatic N) is 1. The summed E-state index contributed by atoms with van der Waals surface area (Å²) in [4.78, 5) is 29.6. The SMILES string of the molecule is O=C(OCCF)c1cccc(C(=O)ON/N=C\C(F)(F)OCC(F)(F)OF)c1. The van der Waals surface area contributed by atoms with Gasteiger partial charge in [0.2, 0.25) is 0 Å². The standard InChI is InChI=1S/C14H12F6N2O6/c15-4-5-25-11(23)9-2-1-3-10(6-9)12(24)27-22-21-7-13(16,17)26-8-14(18,19)28-20/h1-3,6-7,22H,4-5,8H2/b21-7-. The van der Waals surface area contributed by atoms with Crippen LogP contribution < -0.4 is 5.59 Å². The molecule has 28 heavy (non-hydrogen) atoms. The summed E-state index contributed by atoms with van der Waals surface area (Å²) < 4.78 is 81.8. The van der Waals surface area contributed by atoms with Crippen LogP contribution in [0.5, 0.6) is 0 Å². The lowest BCUT2D eigenvalue weighted by Gasteiger charge is -2.15. The summed E-state index contributed by atoms with van der Waals surface area (Å²) in [5.41, 5.74) is 1.10. The maximum absolute atomic E-state index is 13.0. The van der Waals surface area contributed by atoms with E-state index in [1.165, 1.54) is 23.8 Å². The van der Waals surface area contributed by atoms with Gasteiger partial charge in [0.15, 0.2) is 0 Å². The van der Waals surface area contributed by atoms with Crippen molar-refractivity contribution in [1.82, 2.24) is 5.59 Å². The third-order valence-electron chi connectivity index (χ3n) is 2.60. The van der Waals surface area contributed by atoms with Gasteiger partial charge in [-0.3, -0.25) is 0 Å². The van der Waals surface area contributed by atoms with Crippen molar-refractivity contribution in [3.63, 3.8) is 0 Å². The first-order valence-electron chi connectivity index (χ1n) is 7.13. The molecule has 1 rings (SSSR count). The average Bonchev–Trinajstić information content (AvgIpc) is 2.68. The first kappa shape index (κ1) is 23.2. The minimum Gasteiger partial charge on any atom is -0.459 e. The number of rotatable bonds is 11. The molecule has 14 heteroatoms. The number of hydrogen-bond acceptors (Lipinski definition) is 8. The van der Waals surface area contributed by atoms with E-state index < -0.39 is 44.0 Å². The predicted octanol–water partition coefficient (Wildman–Crippen LogP) is 2.56. The van der Waals surface area contributed by atoms with Crippen LogP contribution in [0.1, 0.15) is 20.7 Å². The van der Waals surface area contributed by atoms with Gasteiger partial charge in [0.1, 0.15) is 26.1 Å². The summed E-state index contributed by atoms with van der Waals surface area (Å²) in [6.45, 7) is -3.50. The Balaban J connectivity index is 2.56. The zero-order valence-corrected chi connectivity index (χ0v) is 13.7. The van der Waals surface area contributed by atoms with Crippen LogP contribution in [-0.2, 0) is 19.3 Å². The van der Waals surface area contributed by atoms with E-state index in [9.17, 15) is 36.1 Å². The molecule has 0 aliphatic heterocycles. The number of esters is 1. The van der Waals surface area contributed by atoms with E-state index in [0.717, 1.165) is 6.07 Å².